The summed E-state index contributed by atoms with van der Waals surface area (Å²) in [5.74, 6) is -0.222. The molecule has 0 atom stereocenters. The summed E-state index contributed by atoms with van der Waals surface area (Å²) in [7, 11) is 0. The van der Waals surface area contributed by atoms with E-state index in [1.165, 1.54) is 10.4 Å². The number of primary amides is 1. The molecule has 8 heteroatoms. The van der Waals surface area contributed by atoms with E-state index in [4.69, 9.17) is 5.73 Å². The van der Waals surface area contributed by atoms with Crippen LogP contribution in [0.1, 0.15) is 23.3 Å². The zero-order valence-corrected chi connectivity index (χ0v) is 15.0. The summed E-state index contributed by atoms with van der Waals surface area (Å²) in [6.45, 7) is 1.34. The van der Waals surface area contributed by atoms with Gasteiger partial charge in [-0.3, -0.25) is 9.59 Å². The lowest BCUT2D eigenvalue weighted by Crippen LogP contribution is -2.35. The van der Waals surface area contributed by atoms with Gasteiger partial charge in [0.25, 0.3) is 0 Å². The first-order chi connectivity index (χ1) is 12.5. The van der Waals surface area contributed by atoms with E-state index in [0.29, 0.717) is 24.5 Å². The van der Waals surface area contributed by atoms with Crippen molar-refractivity contribution >= 4 is 40.6 Å². The zero-order valence-electron chi connectivity index (χ0n) is 14.2. The molecule has 1 aliphatic heterocycles. The molecule has 136 valence electrons. The van der Waals surface area contributed by atoms with E-state index in [0.717, 1.165) is 6.42 Å². The van der Waals surface area contributed by atoms with Gasteiger partial charge in [0.1, 0.15) is 0 Å². The normalized spacial score (nSPS) is 13.0. The Labute approximate surface area is 155 Å². The molecule has 4 amide bonds. The highest BCUT2D eigenvalue weighted by molar-refractivity contribution is 7.10. The van der Waals surface area contributed by atoms with Crippen LogP contribution in [-0.4, -0.2) is 29.3 Å². The van der Waals surface area contributed by atoms with Crippen molar-refractivity contribution in [2.45, 2.75) is 25.8 Å². The lowest BCUT2D eigenvalue weighted by molar-refractivity contribution is -0.133. The van der Waals surface area contributed by atoms with E-state index < -0.39 is 6.03 Å². The molecule has 0 spiro atoms. The molecule has 1 aromatic carbocycles. The van der Waals surface area contributed by atoms with Gasteiger partial charge in [-0.05, 0) is 47.7 Å². The molecule has 0 saturated carbocycles. The third-order valence-corrected chi connectivity index (χ3v) is 5.19. The molecule has 4 N–H and O–H groups in total. The van der Waals surface area contributed by atoms with Crippen molar-refractivity contribution in [3.63, 3.8) is 0 Å². The molecule has 2 aromatic rings. The van der Waals surface area contributed by atoms with Crippen molar-refractivity contribution in [1.82, 2.24) is 4.90 Å². The third-order valence-electron chi connectivity index (χ3n) is 4.16. The van der Waals surface area contributed by atoms with Gasteiger partial charge < -0.3 is 21.3 Å². The van der Waals surface area contributed by atoms with Gasteiger partial charge in [-0.15, -0.1) is 11.3 Å². The van der Waals surface area contributed by atoms with E-state index in [-0.39, 0.29) is 24.7 Å². The number of nitrogens with zero attached hydrogens (tertiary/aromatic N) is 1. The van der Waals surface area contributed by atoms with Crippen LogP contribution in [0.15, 0.2) is 35.7 Å². The van der Waals surface area contributed by atoms with Crippen molar-refractivity contribution in [3.8, 4) is 0 Å². The van der Waals surface area contributed by atoms with Crippen molar-refractivity contribution < 1.29 is 14.4 Å². The van der Waals surface area contributed by atoms with Crippen LogP contribution in [0.3, 0.4) is 0 Å². The highest BCUT2D eigenvalue weighted by atomic mass is 32.1. The highest BCUT2D eigenvalue weighted by Crippen LogP contribution is 2.24. The Morgan fingerprint density at radius 2 is 1.73 bits per heavy atom. The summed E-state index contributed by atoms with van der Waals surface area (Å²) >= 11 is 1.73. The number of urea groups is 1. The van der Waals surface area contributed by atoms with Gasteiger partial charge in [0.15, 0.2) is 0 Å². The van der Waals surface area contributed by atoms with E-state index in [9.17, 15) is 14.4 Å². The van der Waals surface area contributed by atoms with Crippen molar-refractivity contribution in [3.05, 3.63) is 46.2 Å². The second kappa shape index (κ2) is 8.01. The molecule has 26 heavy (non-hydrogen) atoms. The molecule has 0 radical (unpaired) electrons. The highest BCUT2D eigenvalue weighted by Gasteiger charge is 2.21. The van der Waals surface area contributed by atoms with Gasteiger partial charge in [0, 0.05) is 42.2 Å². The topological polar surface area (TPSA) is 105 Å². The summed E-state index contributed by atoms with van der Waals surface area (Å²) in [6.07, 6.45) is 1.20. The predicted molar refractivity (Wildman–Crippen MR) is 101 cm³/mol. The molecule has 0 saturated heterocycles. The maximum Gasteiger partial charge on any atom is 0.316 e. The molecule has 1 aromatic heterocycles. The number of anilines is 2. The largest absolute Gasteiger partial charge is 0.351 e. The summed E-state index contributed by atoms with van der Waals surface area (Å²) in [4.78, 5) is 38.3. The molecule has 0 unspecified atom stereocenters. The number of thiophene rings is 1. The van der Waals surface area contributed by atoms with Crippen LogP contribution >= 0.6 is 11.3 Å². The van der Waals surface area contributed by atoms with Crippen molar-refractivity contribution in [1.29, 1.82) is 0 Å². The van der Waals surface area contributed by atoms with Crippen LogP contribution in [0.4, 0.5) is 16.2 Å². The van der Waals surface area contributed by atoms with Crippen LogP contribution < -0.4 is 16.4 Å². The Hall–Kier alpha value is -2.87. The minimum absolute atomic E-state index is 0.00185. The van der Waals surface area contributed by atoms with Gasteiger partial charge in [-0.1, -0.05) is 0 Å². The number of amides is 4. The second-order valence-electron chi connectivity index (χ2n) is 6.05. The maximum absolute atomic E-state index is 12.3. The van der Waals surface area contributed by atoms with E-state index in [1.54, 1.807) is 35.6 Å². The number of carbonyl (C=O) groups excluding carboxylic acids is 3. The third kappa shape index (κ3) is 4.60. The number of nitrogens with two attached hydrogens (primary N) is 1. The summed E-state index contributed by atoms with van der Waals surface area (Å²) in [5, 5.41) is 7.24. The molecular formula is C18H20N4O3S. The molecule has 1 aliphatic rings. The standard InChI is InChI=1S/C18H20N4O3S/c19-18(25)21-14-3-1-13(2-4-14)20-16(23)5-6-17(24)22-9-7-15-12(11-22)8-10-26-15/h1-4,8,10H,5-7,9,11H2,(H,20,23)(H3,19,21,25). The van der Waals surface area contributed by atoms with Crippen LogP contribution in [0.25, 0.3) is 0 Å². The Bertz CT molecular complexity index is 816. The Morgan fingerprint density at radius 1 is 1.04 bits per heavy atom. The number of fused-ring (bicyclic) bond motifs is 1. The van der Waals surface area contributed by atoms with Gasteiger partial charge >= 0.3 is 6.03 Å². The minimum Gasteiger partial charge on any atom is -0.351 e. The number of carbonyl (C=O) groups is 3. The second-order valence-corrected chi connectivity index (χ2v) is 7.05. The fourth-order valence-corrected chi connectivity index (χ4v) is 3.73. The van der Waals surface area contributed by atoms with E-state index >= 15 is 0 Å². The quantitative estimate of drug-likeness (QED) is 0.751. The average Bonchev–Trinajstić information content (AvgIpc) is 3.08. The summed E-state index contributed by atoms with van der Waals surface area (Å²) in [6, 6.07) is 8.01. The maximum atomic E-state index is 12.3. The molecular weight excluding hydrogens is 352 g/mol. The van der Waals surface area contributed by atoms with Crippen molar-refractivity contribution in [2.24, 2.45) is 5.73 Å². The van der Waals surface area contributed by atoms with Crippen molar-refractivity contribution in [2.75, 3.05) is 17.2 Å². The molecule has 0 bridgehead atoms. The van der Waals surface area contributed by atoms with Gasteiger partial charge in [0.05, 0.1) is 0 Å². The number of benzene rings is 1. The fraction of sp³-hybridized carbons (Fsp3) is 0.278. The molecule has 0 aliphatic carbocycles. The summed E-state index contributed by atoms with van der Waals surface area (Å²) in [5.41, 5.74) is 7.39. The Morgan fingerprint density at radius 3 is 2.42 bits per heavy atom. The average molecular weight is 372 g/mol. The van der Waals surface area contributed by atoms with Crippen LogP contribution in [-0.2, 0) is 22.6 Å². The van der Waals surface area contributed by atoms with E-state index in [2.05, 4.69) is 22.1 Å². The number of hydrogen-bond acceptors (Lipinski definition) is 4. The Kier molecular flexibility index (Phi) is 5.52. The lowest BCUT2D eigenvalue weighted by Gasteiger charge is -2.27. The first kappa shape index (κ1) is 17.9. The van der Waals surface area contributed by atoms with Gasteiger partial charge in [-0.2, -0.15) is 0 Å². The number of nitrogens with one attached hydrogen (secondary N) is 2. The zero-order chi connectivity index (χ0) is 18.5. The molecule has 2 heterocycles. The molecule has 0 fully saturated rings. The fourth-order valence-electron chi connectivity index (χ4n) is 2.84. The number of rotatable bonds is 5. The monoisotopic (exact) mass is 372 g/mol. The number of hydrogen-bond donors (Lipinski definition) is 3. The Balaban J connectivity index is 1.45. The molecule has 7 nitrogen and oxygen atoms in total. The van der Waals surface area contributed by atoms with E-state index in [1.807, 2.05) is 4.90 Å². The summed E-state index contributed by atoms with van der Waals surface area (Å²) < 4.78 is 0. The SMILES string of the molecule is NC(=O)Nc1ccc(NC(=O)CCC(=O)N2CCc3sccc3C2)cc1. The minimum atomic E-state index is -0.646. The lowest BCUT2D eigenvalue weighted by atomic mass is 10.1. The van der Waals surface area contributed by atoms with Gasteiger partial charge in [-0.25, -0.2) is 4.79 Å². The first-order valence-corrected chi connectivity index (χ1v) is 9.18. The molecule has 3 rings (SSSR count). The van der Waals surface area contributed by atoms with Crippen LogP contribution in [0.5, 0.6) is 0 Å². The smallest absolute Gasteiger partial charge is 0.316 e. The van der Waals surface area contributed by atoms with Gasteiger partial charge in [0.2, 0.25) is 11.8 Å². The first-order valence-electron chi connectivity index (χ1n) is 8.30. The van der Waals surface area contributed by atoms with Crippen LogP contribution in [0.2, 0.25) is 0 Å². The van der Waals surface area contributed by atoms with Crippen LogP contribution in [0, 0.1) is 0 Å². The predicted octanol–water partition coefficient (Wildman–Crippen LogP) is 2.54.